The van der Waals surface area contributed by atoms with Crippen LogP contribution in [0.25, 0.3) is 0 Å². The summed E-state index contributed by atoms with van der Waals surface area (Å²) in [5.74, 6) is 3.06. The van der Waals surface area contributed by atoms with Crippen LogP contribution in [0.4, 0.5) is 0 Å². The van der Waals surface area contributed by atoms with E-state index in [0.29, 0.717) is 24.8 Å². The van der Waals surface area contributed by atoms with E-state index < -0.39 is 0 Å². The van der Waals surface area contributed by atoms with Crippen molar-refractivity contribution in [3.63, 3.8) is 0 Å². The minimum atomic E-state index is 0.0650. The number of hydrogen-bond acceptors (Lipinski definition) is 6. The maximum atomic E-state index is 12.5. The Morgan fingerprint density at radius 1 is 1.46 bits per heavy atom. The van der Waals surface area contributed by atoms with Crippen molar-refractivity contribution in [2.24, 2.45) is 0 Å². The van der Waals surface area contributed by atoms with E-state index in [9.17, 15) is 4.79 Å². The highest BCUT2D eigenvalue weighted by atomic mass is 16.5. The monoisotopic (exact) mass is 332 g/mol. The topological polar surface area (TPSA) is 75.6 Å². The quantitative estimate of drug-likeness (QED) is 0.808. The fourth-order valence-electron chi connectivity index (χ4n) is 3.04. The van der Waals surface area contributed by atoms with Gasteiger partial charge in [0.25, 0.3) is 0 Å². The molecule has 7 nitrogen and oxygen atoms in total. The number of nitrogens with zero attached hydrogens (tertiary/aromatic N) is 4. The lowest BCUT2D eigenvalue weighted by atomic mass is 10.2. The number of likely N-dealkylation sites (tertiary alicyclic amines) is 1. The molecule has 2 aromatic heterocycles. The van der Waals surface area contributed by atoms with Gasteiger partial charge in [0, 0.05) is 13.5 Å². The third-order valence-corrected chi connectivity index (χ3v) is 4.40. The molecule has 0 aliphatic carbocycles. The second kappa shape index (κ2) is 7.17. The molecular formula is C17H24N4O3. The van der Waals surface area contributed by atoms with Crippen molar-refractivity contribution in [3.8, 4) is 0 Å². The molecule has 1 aliphatic heterocycles. The molecule has 0 spiro atoms. The summed E-state index contributed by atoms with van der Waals surface area (Å²) in [6.45, 7) is 5.60. The van der Waals surface area contributed by atoms with E-state index in [4.69, 9.17) is 8.94 Å². The molecule has 24 heavy (non-hydrogen) atoms. The Labute approximate surface area is 141 Å². The van der Waals surface area contributed by atoms with Gasteiger partial charge in [-0.3, -0.25) is 9.69 Å². The summed E-state index contributed by atoms with van der Waals surface area (Å²) in [7, 11) is 1.80. The van der Waals surface area contributed by atoms with Crippen LogP contribution in [0.2, 0.25) is 0 Å². The molecule has 0 saturated carbocycles. The van der Waals surface area contributed by atoms with Crippen molar-refractivity contribution in [2.45, 2.75) is 45.7 Å². The van der Waals surface area contributed by atoms with Gasteiger partial charge >= 0.3 is 0 Å². The molecule has 130 valence electrons. The zero-order valence-electron chi connectivity index (χ0n) is 14.5. The molecule has 0 aromatic carbocycles. The second-order valence-corrected chi connectivity index (χ2v) is 6.29. The Morgan fingerprint density at radius 3 is 2.96 bits per heavy atom. The molecule has 0 radical (unpaired) electrons. The third-order valence-electron chi connectivity index (χ3n) is 4.40. The largest absolute Gasteiger partial charge is 0.464 e. The number of carbonyl (C=O) groups excluding carboxylic acids is 1. The lowest BCUT2D eigenvalue weighted by Gasteiger charge is -2.24. The molecule has 1 aliphatic rings. The van der Waals surface area contributed by atoms with Crippen molar-refractivity contribution in [3.05, 3.63) is 35.4 Å². The highest BCUT2D eigenvalue weighted by Gasteiger charge is 2.31. The first kappa shape index (κ1) is 16.7. The number of hydrogen-bond donors (Lipinski definition) is 0. The molecule has 2 aromatic rings. The van der Waals surface area contributed by atoms with E-state index in [1.807, 2.05) is 26.0 Å². The van der Waals surface area contributed by atoms with Crippen LogP contribution in [0.15, 0.2) is 21.1 Å². The number of amides is 1. The first-order chi connectivity index (χ1) is 11.6. The summed E-state index contributed by atoms with van der Waals surface area (Å²) in [6, 6.07) is 3.88. The maximum Gasteiger partial charge on any atom is 0.236 e. The highest BCUT2D eigenvalue weighted by Crippen LogP contribution is 2.30. The van der Waals surface area contributed by atoms with Crippen LogP contribution >= 0.6 is 0 Å². The van der Waals surface area contributed by atoms with Gasteiger partial charge in [-0.1, -0.05) is 12.1 Å². The number of rotatable bonds is 6. The minimum Gasteiger partial charge on any atom is -0.464 e. The Morgan fingerprint density at radius 2 is 2.29 bits per heavy atom. The number of furan rings is 1. The molecule has 7 heteroatoms. The van der Waals surface area contributed by atoms with E-state index in [-0.39, 0.29) is 11.9 Å². The SMILES string of the molecule is CCc1nc(C2CCCN2CC(=O)N(C)Cc2ccc(C)o2)no1. The maximum absolute atomic E-state index is 12.5. The second-order valence-electron chi connectivity index (χ2n) is 6.29. The van der Waals surface area contributed by atoms with Crippen LogP contribution in [0.5, 0.6) is 0 Å². The van der Waals surface area contributed by atoms with Crippen molar-refractivity contribution >= 4 is 5.91 Å². The van der Waals surface area contributed by atoms with Crippen molar-refractivity contribution in [1.29, 1.82) is 0 Å². The lowest BCUT2D eigenvalue weighted by Crippen LogP contribution is -2.38. The predicted molar refractivity (Wildman–Crippen MR) is 87.1 cm³/mol. The smallest absolute Gasteiger partial charge is 0.236 e. The van der Waals surface area contributed by atoms with Gasteiger partial charge < -0.3 is 13.8 Å². The normalized spacial score (nSPS) is 18.2. The Kier molecular flexibility index (Phi) is 4.99. The zero-order chi connectivity index (χ0) is 17.1. The van der Waals surface area contributed by atoms with Gasteiger partial charge in [-0.05, 0) is 38.4 Å². The van der Waals surface area contributed by atoms with Gasteiger partial charge in [0.15, 0.2) is 5.82 Å². The summed E-state index contributed by atoms with van der Waals surface area (Å²) in [6.07, 6.45) is 2.72. The number of aryl methyl sites for hydroxylation is 2. The number of likely N-dealkylation sites (N-methyl/N-ethyl adjacent to an activating group) is 1. The predicted octanol–water partition coefficient (Wildman–Crippen LogP) is 2.33. The van der Waals surface area contributed by atoms with E-state index >= 15 is 0 Å². The molecule has 1 unspecified atom stereocenters. The Balaban J connectivity index is 1.60. The average Bonchev–Trinajstić information content (AvgIpc) is 3.27. The molecule has 1 amide bonds. The van der Waals surface area contributed by atoms with Gasteiger partial charge in [-0.15, -0.1) is 0 Å². The number of aromatic nitrogens is 2. The number of carbonyl (C=O) groups is 1. The third kappa shape index (κ3) is 3.67. The lowest BCUT2D eigenvalue weighted by molar-refractivity contribution is -0.132. The fourth-order valence-corrected chi connectivity index (χ4v) is 3.04. The van der Waals surface area contributed by atoms with Gasteiger partial charge in [0.2, 0.25) is 11.8 Å². The molecule has 1 fully saturated rings. The molecule has 0 N–H and O–H groups in total. The summed E-state index contributed by atoms with van der Waals surface area (Å²) >= 11 is 0. The van der Waals surface area contributed by atoms with Crippen LogP contribution < -0.4 is 0 Å². The van der Waals surface area contributed by atoms with E-state index in [1.165, 1.54) is 0 Å². The van der Waals surface area contributed by atoms with Gasteiger partial charge in [-0.25, -0.2) is 0 Å². The minimum absolute atomic E-state index is 0.0650. The Bertz CT molecular complexity index is 694. The fraction of sp³-hybridized carbons (Fsp3) is 0.588. The van der Waals surface area contributed by atoms with E-state index in [2.05, 4.69) is 15.0 Å². The van der Waals surface area contributed by atoms with Crippen LogP contribution in [-0.4, -0.2) is 46.0 Å². The van der Waals surface area contributed by atoms with Crippen molar-refractivity contribution in [1.82, 2.24) is 19.9 Å². The summed E-state index contributed by atoms with van der Waals surface area (Å²) in [5, 5.41) is 4.07. The molecule has 3 rings (SSSR count). The van der Waals surface area contributed by atoms with Crippen LogP contribution in [0.3, 0.4) is 0 Å². The van der Waals surface area contributed by atoms with Crippen LogP contribution in [0.1, 0.15) is 49.0 Å². The van der Waals surface area contributed by atoms with Crippen LogP contribution in [-0.2, 0) is 17.8 Å². The van der Waals surface area contributed by atoms with Gasteiger partial charge in [0.1, 0.15) is 11.5 Å². The summed E-state index contributed by atoms with van der Waals surface area (Å²) < 4.78 is 10.8. The standard InChI is InChI=1S/C17H24N4O3/c1-4-15-18-17(19-24-15)14-6-5-9-21(14)11-16(22)20(3)10-13-8-7-12(2)23-13/h7-8,14H,4-6,9-11H2,1-3H3. The van der Waals surface area contributed by atoms with Crippen molar-refractivity contribution < 1.29 is 13.7 Å². The summed E-state index contributed by atoms with van der Waals surface area (Å²) in [5.41, 5.74) is 0. The Hall–Kier alpha value is -2.15. The van der Waals surface area contributed by atoms with Gasteiger partial charge in [0.05, 0.1) is 19.1 Å². The van der Waals surface area contributed by atoms with E-state index in [1.54, 1.807) is 11.9 Å². The molecule has 1 atom stereocenters. The van der Waals surface area contributed by atoms with Crippen molar-refractivity contribution in [2.75, 3.05) is 20.1 Å². The molecule has 1 saturated heterocycles. The summed E-state index contributed by atoms with van der Waals surface area (Å²) in [4.78, 5) is 20.8. The average molecular weight is 332 g/mol. The first-order valence-electron chi connectivity index (χ1n) is 8.42. The molecule has 0 bridgehead atoms. The van der Waals surface area contributed by atoms with Gasteiger partial charge in [-0.2, -0.15) is 4.98 Å². The van der Waals surface area contributed by atoms with Crippen LogP contribution in [0, 0.1) is 6.92 Å². The molecule has 3 heterocycles. The first-order valence-corrected chi connectivity index (χ1v) is 8.42. The molecular weight excluding hydrogens is 308 g/mol. The zero-order valence-corrected chi connectivity index (χ0v) is 14.5. The highest BCUT2D eigenvalue weighted by molar-refractivity contribution is 5.78. The van der Waals surface area contributed by atoms with E-state index in [0.717, 1.165) is 37.3 Å².